The van der Waals surface area contributed by atoms with Gasteiger partial charge in [-0.15, -0.1) is 0 Å². The molecule has 1 aliphatic rings. The van der Waals surface area contributed by atoms with Crippen LogP contribution in [0.3, 0.4) is 0 Å². The molecule has 0 atom stereocenters. The minimum atomic E-state index is -3.78. The highest BCUT2D eigenvalue weighted by Gasteiger charge is 2.18. The molecule has 5 heteroatoms. The second kappa shape index (κ2) is 3.06. The van der Waals surface area contributed by atoms with Crippen LogP contribution in [0.1, 0.15) is 6.42 Å². The Labute approximate surface area is 70.1 Å². The number of sulfonamides is 1. The normalized spacial score (nSPS) is 17.1. The lowest BCUT2D eigenvalue weighted by molar-refractivity contribution is 0.566. The number of nitrogens with two attached hydrogens (primary N) is 1. The Morgan fingerprint density at radius 1 is 1.50 bits per heavy atom. The van der Waals surface area contributed by atoms with Crippen molar-refractivity contribution in [3.8, 4) is 0 Å². The maximum Gasteiger partial charge on any atom is 0.239 e. The molecule has 0 saturated heterocycles. The zero-order valence-electron chi connectivity index (χ0n) is 6.15. The summed E-state index contributed by atoms with van der Waals surface area (Å²) in [6.45, 7) is 0. The van der Waals surface area contributed by atoms with Crippen LogP contribution >= 0.6 is 0 Å². The highest BCUT2D eigenvalue weighted by Crippen LogP contribution is 2.19. The Kier molecular flexibility index (Phi) is 2.28. The summed E-state index contributed by atoms with van der Waals surface area (Å²) in [5.74, 6) is 1.55. The van der Waals surface area contributed by atoms with Crippen LogP contribution in [0.5, 0.6) is 0 Å². The van der Waals surface area contributed by atoms with Gasteiger partial charge in [-0.05, 0) is 6.08 Å². The van der Waals surface area contributed by atoms with E-state index in [1.165, 1.54) is 6.08 Å². The summed E-state index contributed by atoms with van der Waals surface area (Å²) < 4.78 is 21.7. The van der Waals surface area contributed by atoms with E-state index in [0.29, 0.717) is 0 Å². The van der Waals surface area contributed by atoms with Crippen molar-refractivity contribution in [2.45, 2.75) is 6.42 Å². The molecular formula is C7H7NO3S. The van der Waals surface area contributed by atoms with E-state index in [9.17, 15) is 13.2 Å². The van der Waals surface area contributed by atoms with Gasteiger partial charge in [0.15, 0.2) is 0 Å². The summed E-state index contributed by atoms with van der Waals surface area (Å²) >= 11 is 0. The average molecular weight is 185 g/mol. The lowest BCUT2D eigenvalue weighted by atomic mass is 10.1. The first kappa shape index (κ1) is 8.93. The van der Waals surface area contributed by atoms with Crippen LogP contribution in [0.2, 0.25) is 0 Å². The number of hydrogen-bond donors (Lipinski definition) is 1. The van der Waals surface area contributed by atoms with E-state index in [0.717, 1.165) is 0 Å². The summed E-state index contributed by atoms with van der Waals surface area (Å²) in [4.78, 5) is 10.1. The van der Waals surface area contributed by atoms with Crippen molar-refractivity contribution >= 4 is 16.0 Å². The zero-order chi connectivity index (χ0) is 9.19. The first-order chi connectivity index (χ1) is 5.55. The molecule has 0 aromatic carbocycles. The minimum Gasteiger partial charge on any atom is -0.233 e. The van der Waals surface area contributed by atoms with Crippen LogP contribution in [0.25, 0.3) is 0 Å². The summed E-state index contributed by atoms with van der Waals surface area (Å²) in [5.41, 5.74) is 0.0833. The van der Waals surface area contributed by atoms with Gasteiger partial charge in [0.25, 0.3) is 0 Å². The predicted molar refractivity (Wildman–Crippen MR) is 44.2 cm³/mol. The second-order valence-electron chi connectivity index (χ2n) is 2.29. The van der Waals surface area contributed by atoms with Gasteiger partial charge < -0.3 is 0 Å². The molecule has 0 heterocycles. The van der Waals surface area contributed by atoms with Crippen LogP contribution in [0.4, 0.5) is 0 Å². The predicted octanol–water partition coefficient (Wildman–Crippen LogP) is -0.123. The second-order valence-corrected chi connectivity index (χ2v) is 3.82. The zero-order valence-corrected chi connectivity index (χ0v) is 6.97. The Bertz CT molecular complexity index is 396. The van der Waals surface area contributed by atoms with Gasteiger partial charge in [-0.3, -0.25) is 0 Å². The third kappa shape index (κ3) is 1.71. The molecule has 0 bridgehead atoms. The van der Waals surface area contributed by atoms with E-state index in [-0.39, 0.29) is 16.9 Å². The van der Waals surface area contributed by atoms with Gasteiger partial charge in [0, 0.05) is 6.42 Å². The Morgan fingerprint density at radius 2 is 2.17 bits per heavy atom. The van der Waals surface area contributed by atoms with Crippen molar-refractivity contribution in [2.24, 2.45) is 5.14 Å². The summed E-state index contributed by atoms with van der Waals surface area (Å²) in [7, 11) is -3.78. The number of primary sulfonamides is 1. The largest absolute Gasteiger partial charge is 0.239 e. The smallest absolute Gasteiger partial charge is 0.233 e. The number of hydrogen-bond acceptors (Lipinski definition) is 3. The fourth-order valence-electron chi connectivity index (χ4n) is 0.901. The Hall–Kier alpha value is -1.16. The highest BCUT2D eigenvalue weighted by atomic mass is 32.2. The number of carbonyl (C=O) groups excluding carboxylic acids is 1. The van der Waals surface area contributed by atoms with Crippen LogP contribution in [0.15, 0.2) is 28.7 Å². The lowest BCUT2D eigenvalue weighted by Crippen LogP contribution is -2.17. The summed E-state index contributed by atoms with van der Waals surface area (Å²) in [5, 5.41) is 4.85. The third-order valence-corrected chi connectivity index (χ3v) is 2.43. The molecule has 0 fully saturated rings. The molecule has 1 aliphatic carbocycles. The molecule has 0 aromatic heterocycles. The quantitative estimate of drug-likeness (QED) is 0.578. The Morgan fingerprint density at radius 3 is 2.58 bits per heavy atom. The summed E-state index contributed by atoms with van der Waals surface area (Å²) in [6, 6.07) is 0. The first-order valence-electron chi connectivity index (χ1n) is 3.19. The number of rotatable bonds is 1. The summed E-state index contributed by atoms with van der Waals surface area (Å²) in [6.07, 6.45) is 4.76. The SMILES string of the molecule is NS(=O)(=O)C1=CC=CCC1=C=O. The van der Waals surface area contributed by atoms with Gasteiger partial charge in [-0.25, -0.2) is 18.4 Å². The van der Waals surface area contributed by atoms with E-state index >= 15 is 0 Å². The molecule has 0 aliphatic heterocycles. The minimum absolute atomic E-state index is 0.0833. The van der Waals surface area contributed by atoms with Gasteiger partial charge in [0.2, 0.25) is 10.0 Å². The van der Waals surface area contributed by atoms with Crippen molar-refractivity contribution in [3.63, 3.8) is 0 Å². The van der Waals surface area contributed by atoms with Crippen LogP contribution in [0, 0.1) is 0 Å². The molecule has 0 aromatic rings. The van der Waals surface area contributed by atoms with Gasteiger partial charge in [0.05, 0.1) is 10.5 Å². The van der Waals surface area contributed by atoms with E-state index in [4.69, 9.17) is 5.14 Å². The van der Waals surface area contributed by atoms with Crippen LogP contribution < -0.4 is 5.14 Å². The fourth-order valence-corrected chi connectivity index (χ4v) is 1.64. The first-order valence-corrected chi connectivity index (χ1v) is 4.74. The van der Waals surface area contributed by atoms with Gasteiger partial charge in [-0.2, -0.15) is 0 Å². The van der Waals surface area contributed by atoms with Gasteiger partial charge in [0.1, 0.15) is 5.94 Å². The molecule has 64 valence electrons. The van der Waals surface area contributed by atoms with E-state index in [1.54, 1.807) is 18.1 Å². The molecule has 0 spiro atoms. The van der Waals surface area contributed by atoms with Crippen molar-refractivity contribution in [1.29, 1.82) is 0 Å². The lowest BCUT2D eigenvalue weighted by Gasteiger charge is -2.06. The maximum absolute atomic E-state index is 10.8. The monoisotopic (exact) mass is 185 g/mol. The van der Waals surface area contributed by atoms with Crippen molar-refractivity contribution < 1.29 is 13.2 Å². The maximum atomic E-state index is 10.8. The topological polar surface area (TPSA) is 77.2 Å². The van der Waals surface area contributed by atoms with E-state index in [2.05, 4.69) is 0 Å². The molecule has 0 amide bonds. The molecule has 0 saturated carbocycles. The molecule has 4 nitrogen and oxygen atoms in total. The van der Waals surface area contributed by atoms with Gasteiger partial charge >= 0.3 is 0 Å². The average Bonchev–Trinajstić information content (AvgIpc) is 2.03. The molecule has 12 heavy (non-hydrogen) atoms. The highest BCUT2D eigenvalue weighted by molar-refractivity contribution is 7.93. The van der Waals surface area contributed by atoms with Crippen molar-refractivity contribution in [2.75, 3.05) is 0 Å². The van der Waals surface area contributed by atoms with E-state index < -0.39 is 10.0 Å². The van der Waals surface area contributed by atoms with Crippen LogP contribution in [-0.4, -0.2) is 14.4 Å². The fraction of sp³-hybridized carbons (Fsp3) is 0.143. The molecular weight excluding hydrogens is 178 g/mol. The molecule has 0 radical (unpaired) electrons. The van der Waals surface area contributed by atoms with Crippen LogP contribution in [-0.2, 0) is 14.8 Å². The molecule has 0 unspecified atom stereocenters. The Balaban J connectivity index is 3.27. The van der Waals surface area contributed by atoms with E-state index in [1.807, 2.05) is 0 Å². The molecule has 2 N–H and O–H groups in total. The van der Waals surface area contributed by atoms with Crippen molar-refractivity contribution in [1.82, 2.24) is 0 Å². The van der Waals surface area contributed by atoms with Crippen molar-refractivity contribution in [3.05, 3.63) is 28.7 Å². The van der Waals surface area contributed by atoms with Gasteiger partial charge in [-0.1, -0.05) is 12.2 Å². The molecule has 1 rings (SSSR count). The number of allylic oxidation sites excluding steroid dienone is 4. The third-order valence-electron chi connectivity index (χ3n) is 1.43. The standard InChI is InChI=1S/C7H7NO3S/c8-12(10,11)7-4-2-1-3-6(7)5-9/h1-2,4H,3H2,(H2,8,10,11).